The second kappa shape index (κ2) is 5.36. The quantitative estimate of drug-likeness (QED) is 0.895. The minimum Gasteiger partial charge on any atom is -0.495 e. The van der Waals surface area contributed by atoms with Crippen molar-refractivity contribution in [2.24, 2.45) is 0 Å². The normalized spacial score (nSPS) is 9.89. The molecule has 2 aromatic carbocycles. The third-order valence-corrected chi connectivity index (χ3v) is 2.62. The molecular formula is C15H15NO2. The number of methoxy groups -OCH3 is 1. The van der Waals surface area contributed by atoms with Gasteiger partial charge in [0.2, 0.25) is 5.91 Å². The fourth-order valence-electron chi connectivity index (χ4n) is 1.81. The molecule has 3 nitrogen and oxygen atoms in total. The zero-order valence-corrected chi connectivity index (χ0v) is 10.4. The number of hydrogen-bond donors (Lipinski definition) is 1. The Hall–Kier alpha value is -2.29. The summed E-state index contributed by atoms with van der Waals surface area (Å²) in [5, 5.41) is 2.77. The van der Waals surface area contributed by atoms with Crippen LogP contribution < -0.4 is 10.1 Å². The maximum atomic E-state index is 11.2. The van der Waals surface area contributed by atoms with Crippen molar-refractivity contribution in [3.63, 3.8) is 0 Å². The Bertz CT molecular complexity index is 550. The summed E-state index contributed by atoms with van der Waals surface area (Å²) < 4.78 is 5.22. The summed E-state index contributed by atoms with van der Waals surface area (Å²) in [6.45, 7) is 1.48. The van der Waals surface area contributed by atoms with Crippen molar-refractivity contribution >= 4 is 11.6 Å². The molecule has 0 aliphatic heterocycles. The molecule has 0 aliphatic rings. The zero-order chi connectivity index (χ0) is 13.0. The van der Waals surface area contributed by atoms with Crippen LogP contribution in [0.4, 0.5) is 5.69 Å². The molecule has 2 aromatic rings. The monoisotopic (exact) mass is 241 g/mol. The summed E-state index contributed by atoms with van der Waals surface area (Å²) >= 11 is 0. The molecule has 0 fully saturated rings. The van der Waals surface area contributed by atoms with Gasteiger partial charge in [-0.3, -0.25) is 4.79 Å². The third-order valence-electron chi connectivity index (χ3n) is 2.62. The summed E-state index contributed by atoms with van der Waals surface area (Å²) in [7, 11) is 1.59. The largest absolute Gasteiger partial charge is 0.495 e. The first-order chi connectivity index (χ1) is 8.70. The first kappa shape index (κ1) is 12.2. The molecule has 0 aliphatic carbocycles. The van der Waals surface area contributed by atoms with Crippen LogP contribution in [0.1, 0.15) is 6.92 Å². The molecular weight excluding hydrogens is 226 g/mol. The summed E-state index contributed by atoms with van der Waals surface area (Å²) in [4.78, 5) is 11.2. The highest BCUT2D eigenvalue weighted by molar-refractivity contribution is 5.91. The number of carbonyl (C=O) groups is 1. The smallest absolute Gasteiger partial charge is 0.221 e. The zero-order valence-electron chi connectivity index (χ0n) is 10.4. The number of anilines is 1. The molecule has 0 radical (unpaired) electrons. The van der Waals surface area contributed by atoms with Gasteiger partial charge >= 0.3 is 0 Å². The second-order valence-corrected chi connectivity index (χ2v) is 3.96. The maximum absolute atomic E-state index is 11.2. The van der Waals surface area contributed by atoms with Crippen molar-refractivity contribution in [1.82, 2.24) is 0 Å². The molecule has 0 unspecified atom stereocenters. The molecule has 0 heterocycles. The predicted octanol–water partition coefficient (Wildman–Crippen LogP) is 3.32. The van der Waals surface area contributed by atoms with Crippen LogP contribution in [0.25, 0.3) is 11.1 Å². The molecule has 0 saturated carbocycles. The van der Waals surface area contributed by atoms with Crippen LogP contribution in [0, 0.1) is 0 Å². The van der Waals surface area contributed by atoms with Crippen molar-refractivity contribution in [1.29, 1.82) is 0 Å². The van der Waals surface area contributed by atoms with Crippen LogP contribution in [-0.2, 0) is 4.79 Å². The molecule has 2 rings (SSSR count). The van der Waals surface area contributed by atoms with Gasteiger partial charge < -0.3 is 10.1 Å². The topological polar surface area (TPSA) is 38.3 Å². The minimum atomic E-state index is -0.112. The van der Waals surface area contributed by atoms with Crippen molar-refractivity contribution in [3.05, 3.63) is 48.5 Å². The molecule has 1 amide bonds. The Morgan fingerprint density at radius 2 is 1.78 bits per heavy atom. The number of carbonyl (C=O) groups excluding carboxylic acids is 1. The summed E-state index contributed by atoms with van der Waals surface area (Å²) in [5.41, 5.74) is 2.83. The van der Waals surface area contributed by atoms with Gasteiger partial charge in [0.15, 0.2) is 0 Å². The SMILES string of the molecule is COc1ccc(-c2ccccc2)cc1NC(C)=O. The molecule has 92 valence electrons. The molecule has 18 heavy (non-hydrogen) atoms. The highest BCUT2D eigenvalue weighted by Crippen LogP contribution is 2.30. The van der Waals surface area contributed by atoms with Gasteiger partial charge in [0, 0.05) is 6.92 Å². The van der Waals surface area contributed by atoms with E-state index in [9.17, 15) is 4.79 Å². The number of nitrogens with one attached hydrogen (secondary N) is 1. The number of hydrogen-bond acceptors (Lipinski definition) is 2. The van der Waals surface area contributed by atoms with Crippen LogP contribution in [-0.4, -0.2) is 13.0 Å². The highest BCUT2D eigenvalue weighted by Gasteiger charge is 2.06. The van der Waals surface area contributed by atoms with E-state index in [0.29, 0.717) is 11.4 Å². The molecule has 1 N–H and O–H groups in total. The molecule has 0 aromatic heterocycles. The second-order valence-electron chi connectivity index (χ2n) is 3.96. The van der Waals surface area contributed by atoms with Gasteiger partial charge in [-0.15, -0.1) is 0 Å². The molecule has 0 atom stereocenters. The van der Waals surface area contributed by atoms with Crippen LogP contribution in [0.15, 0.2) is 48.5 Å². The Labute approximate surface area is 106 Å². The number of ether oxygens (including phenoxy) is 1. The molecule has 3 heteroatoms. The van der Waals surface area contributed by atoms with Crippen LogP contribution >= 0.6 is 0 Å². The van der Waals surface area contributed by atoms with E-state index in [1.807, 2.05) is 48.5 Å². The van der Waals surface area contributed by atoms with Crippen LogP contribution in [0.3, 0.4) is 0 Å². The average Bonchev–Trinajstić information content (AvgIpc) is 2.39. The average molecular weight is 241 g/mol. The van der Waals surface area contributed by atoms with E-state index >= 15 is 0 Å². The van der Waals surface area contributed by atoms with Crippen molar-refractivity contribution in [2.75, 3.05) is 12.4 Å². The predicted molar refractivity (Wildman–Crippen MR) is 72.7 cm³/mol. The van der Waals surface area contributed by atoms with Crippen LogP contribution in [0.5, 0.6) is 5.75 Å². The Kier molecular flexibility index (Phi) is 3.63. The Morgan fingerprint density at radius 3 is 2.39 bits per heavy atom. The molecule has 0 bridgehead atoms. The summed E-state index contributed by atoms with van der Waals surface area (Å²) in [6.07, 6.45) is 0. The first-order valence-corrected chi connectivity index (χ1v) is 5.72. The van der Waals surface area contributed by atoms with Crippen LogP contribution in [0.2, 0.25) is 0 Å². The van der Waals surface area contributed by atoms with Gasteiger partial charge in [-0.25, -0.2) is 0 Å². The summed E-state index contributed by atoms with van der Waals surface area (Å²) in [5.74, 6) is 0.545. The molecule has 0 saturated heterocycles. The highest BCUT2D eigenvalue weighted by atomic mass is 16.5. The lowest BCUT2D eigenvalue weighted by Gasteiger charge is -2.11. The Balaban J connectivity index is 2.42. The fourth-order valence-corrected chi connectivity index (χ4v) is 1.81. The van der Waals surface area contributed by atoms with E-state index in [-0.39, 0.29) is 5.91 Å². The number of rotatable bonds is 3. The van der Waals surface area contributed by atoms with E-state index in [1.165, 1.54) is 6.92 Å². The van der Waals surface area contributed by atoms with Gasteiger partial charge in [0.05, 0.1) is 12.8 Å². The van der Waals surface area contributed by atoms with Gasteiger partial charge in [0.25, 0.3) is 0 Å². The van der Waals surface area contributed by atoms with Gasteiger partial charge in [-0.2, -0.15) is 0 Å². The lowest BCUT2D eigenvalue weighted by molar-refractivity contribution is -0.114. The van der Waals surface area contributed by atoms with Crippen molar-refractivity contribution < 1.29 is 9.53 Å². The number of benzene rings is 2. The van der Waals surface area contributed by atoms with Gasteiger partial charge in [-0.05, 0) is 23.3 Å². The van der Waals surface area contributed by atoms with E-state index in [0.717, 1.165) is 11.1 Å². The van der Waals surface area contributed by atoms with E-state index in [1.54, 1.807) is 7.11 Å². The fraction of sp³-hybridized carbons (Fsp3) is 0.133. The summed E-state index contributed by atoms with van der Waals surface area (Å²) in [6, 6.07) is 15.7. The maximum Gasteiger partial charge on any atom is 0.221 e. The van der Waals surface area contributed by atoms with Gasteiger partial charge in [0.1, 0.15) is 5.75 Å². The molecule has 0 spiro atoms. The van der Waals surface area contributed by atoms with E-state index in [4.69, 9.17) is 4.74 Å². The number of amides is 1. The van der Waals surface area contributed by atoms with E-state index < -0.39 is 0 Å². The minimum absolute atomic E-state index is 0.112. The van der Waals surface area contributed by atoms with Crippen molar-refractivity contribution in [3.8, 4) is 16.9 Å². The Morgan fingerprint density at radius 1 is 1.06 bits per heavy atom. The lowest BCUT2D eigenvalue weighted by Crippen LogP contribution is -2.07. The van der Waals surface area contributed by atoms with E-state index in [2.05, 4.69) is 5.32 Å². The van der Waals surface area contributed by atoms with Gasteiger partial charge in [-0.1, -0.05) is 36.4 Å². The lowest BCUT2D eigenvalue weighted by atomic mass is 10.0. The standard InChI is InChI=1S/C15H15NO2/c1-11(17)16-14-10-13(8-9-15(14)18-2)12-6-4-3-5-7-12/h3-10H,1-2H3,(H,16,17). The first-order valence-electron chi connectivity index (χ1n) is 5.72. The third kappa shape index (κ3) is 2.69. The van der Waals surface area contributed by atoms with Crippen molar-refractivity contribution in [2.45, 2.75) is 6.92 Å².